The molecule has 21 heavy (non-hydrogen) atoms. The Morgan fingerprint density at radius 3 is 2.86 bits per heavy atom. The lowest BCUT2D eigenvalue weighted by Crippen LogP contribution is -2.16. The highest BCUT2D eigenvalue weighted by molar-refractivity contribution is 5.94. The fourth-order valence-electron chi connectivity index (χ4n) is 2.96. The second-order valence-corrected chi connectivity index (χ2v) is 5.35. The van der Waals surface area contributed by atoms with Gasteiger partial charge in [-0.05, 0) is 30.7 Å². The Morgan fingerprint density at radius 1 is 1.05 bits per heavy atom. The fraction of sp³-hybridized carbons (Fsp3) is 0.176. The van der Waals surface area contributed by atoms with Crippen LogP contribution in [0, 0.1) is 0 Å². The zero-order valence-electron chi connectivity index (χ0n) is 11.5. The van der Waals surface area contributed by atoms with Crippen LogP contribution in [0.4, 0.5) is 11.6 Å². The monoisotopic (exact) mass is 277 g/mol. The first-order valence-corrected chi connectivity index (χ1v) is 7.18. The molecule has 104 valence electrons. The number of nitrogens with one attached hydrogen (secondary N) is 2. The summed E-state index contributed by atoms with van der Waals surface area (Å²) < 4.78 is 0. The van der Waals surface area contributed by atoms with Crippen molar-refractivity contribution < 1.29 is 0 Å². The standard InChI is InChI=1S/C17H15N3O/c21-16-13-8-4-10-15(13)19-17(20-16)18-14-9-3-6-11-5-1-2-7-12(11)14/h1-3,5-7,9H,4,8,10H2,(H2,18,19,20,21). The Morgan fingerprint density at radius 2 is 1.90 bits per heavy atom. The molecule has 1 aliphatic carbocycles. The van der Waals surface area contributed by atoms with Crippen LogP contribution in [0.2, 0.25) is 0 Å². The van der Waals surface area contributed by atoms with Crippen LogP contribution in [0.15, 0.2) is 47.3 Å². The molecule has 0 fully saturated rings. The minimum Gasteiger partial charge on any atom is -0.325 e. The zero-order valence-corrected chi connectivity index (χ0v) is 11.5. The summed E-state index contributed by atoms with van der Waals surface area (Å²) >= 11 is 0. The molecule has 1 heterocycles. The molecule has 0 spiro atoms. The Kier molecular flexibility index (Phi) is 2.74. The smallest absolute Gasteiger partial charge is 0.255 e. The third-order valence-electron chi connectivity index (χ3n) is 3.98. The summed E-state index contributed by atoms with van der Waals surface area (Å²) in [7, 11) is 0. The summed E-state index contributed by atoms with van der Waals surface area (Å²) in [6.45, 7) is 0. The molecule has 0 amide bonds. The van der Waals surface area contributed by atoms with Crippen LogP contribution in [-0.4, -0.2) is 9.97 Å². The Bertz CT molecular complexity index is 877. The number of anilines is 2. The largest absolute Gasteiger partial charge is 0.325 e. The minimum atomic E-state index is -0.0137. The minimum absolute atomic E-state index is 0.0137. The average Bonchev–Trinajstić information content (AvgIpc) is 2.97. The molecule has 0 unspecified atom stereocenters. The van der Waals surface area contributed by atoms with Crippen LogP contribution >= 0.6 is 0 Å². The van der Waals surface area contributed by atoms with Gasteiger partial charge in [0.2, 0.25) is 5.95 Å². The summed E-state index contributed by atoms with van der Waals surface area (Å²) in [4.78, 5) is 19.4. The van der Waals surface area contributed by atoms with Gasteiger partial charge in [0.1, 0.15) is 0 Å². The van der Waals surface area contributed by atoms with E-state index in [-0.39, 0.29) is 5.56 Å². The first kappa shape index (κ1) is 12.1. The van der Waals surface area contributed by atoms with Gasteiger partial charge in [0.05, 0.1) is 5.69 Å². The summed E-state index contributed by atoms with van der Waals surface area (Å²) in [6, 6.07) is 14.2. The molecule has 4 nitrogen and oxygen atoms in total. The molecule has 3 aromatic rings. The maximum Gasteiger partial charge on any atom is 0.255 e. The van der Waals surface area contributed by atoms with Crippen molar-refractivity contribution in [3.8, 4) is 0 Å². The van der Waals surface area contributed by atoms with Crippen LogP contribution in [0.3, 0.4) is 0 Å². The van der Waals surface area contributed by atoms with Gasteiger partial charge in [-0.1, -0.05) is 36.4 Å². The highest BCUT2D eigenvalue weighted by Crippen LogP contribution is 2.25. The first-order valence-electron chi connectivity index (χ1n) is 7.18. The molecular weight excluding hydrogens is 262 g/mol. The van der Waals surface area contributed by atoms with Gasteiger partial charge in [-0.15, -0.1) is 0 Å². The van der Waals surface area contributed by atoms with E-state index < -0.39 is 0 Å². The molecule has 0 aliphatic heterocycles. The Hall–Kier alpha value is -2.62. The van der Waals surface area contributed by atoms with E-state index in [2.05, 4.69) is 33.5 Å². The molecule has 1 aromatic heterocycles. The number of aromatic nitrogens is 2. The molecule has 0 bridgehead atoms. The second kappa shape index (κ2) is 4.74. The zero-order chi connectivity index (χ0) is 14.2. The molecule has 2 N–H and O–H groups in total. The van der Waals surface area contributed by atoms with Crippen molar-refractivity contribution in [3.63, 3.8) is 0 Å². The molecule has 0 radical (unpaired) electrons. The molecule has 4 heteroatoms. The third kappa shape index (κ3) is 2.09. The molecule has 2 aromatic carbocycles. The van der Waals surface area contributed by atoms with E-state index in [4.69, 9.17) is 0 Å². The Balaban J connectivity index is 1.79. The van der Waals surface area contributed by atoms with Crippen LogP contribution in [0.5, 0.6) is 0 Å². The van der Waals surface area contributed by atoms with Crippen molar-refractivity contribution in [2.24, 2.45) is 0 Å². The molecule has 4 rings (SSSR count). The van der Waals surface area contributed by atoms with Gasteiger partial charge >= 0.3 is 0 Å². The SMILES string of the molecule is O=c1[nH]c(Nc2cccc3ccccc23)nc2c1CCC2. The summed E-state index contributed by atoms with van der Waals surface area (Å²) in [5.41, 5.74) is 2.72. The normalized spacial score (nSPS) is 13.3. The van der Waals surface area contributed by atoms with E-state index in [0.29, 0.717) is 5.95 Å². The topological polar surface area (TPSA) is 57.8 Å². The van der Waals surface area contributed by atoms with Crippen LogP contribution < -0.4 is 10.9 Å². The quantitative estimate of drug-likeness (QED) is 0.756. The van der Waals surface area contributed by atoms with Crippen molar-refractivity contribution in [1.82, 2.24) is 9.97 Å². The predicted octanol–water partition coefficient (Wildman–Crippen LogP) is 3.16. The molecule has 1 aliphatic rings. The lowest BCUT2D eigenvalue weighted by Gasteiger charge is -2.10. The highest BCUT2D eigenvalue weighted by atomic mass is 16.1. The second-order valence-electron chi connectivity index (χ2n) is 5.35. The number of fused-ring (bicyclic) bond motifs is 2. The molecular formula is C17H15N3O. The van der Waals surface area contributed by atoms with Crippen molar-refractivity contribution in [1.29, 1.82) is 0 Å². The third-order valence-corrected chi connectivity index (χ3v) is 3.98. The average molecular weight is 277 g/mol. The van der Waals surface area contributed by atoms with Crippen molar-refractivity contribution >= 4 is 22.4 Å². The summed E-state index contributed by atoms with van der Waals surface area (Å²) in [5.74, 6) is 0.525. The van der Waals surface area contributed by atoms with Gasteiger partial charge < -0.3 is 5.32 Å². The molecule has 0 saturated heterocycles. The number of aromatic amines is 1. The number of hydrogen-bond donors (Lipinski definition) is 2. The van der Waals surface area contributed by atoms with Gasteiger partial charge in [0.25, 0.3) is 5.56 Å². The number of H-pyrrole nitrogens is 1. The summed E-state index contributed by atoms with van der Waals surface area (Å²) in [6.07, 6.45) is 2.75. The number of aryl methyl sites for hydroxylation is 1. The van der Waals surface area contributed by atoms with Gasteiger partial charge in [-0.2, -0.15) is 0 Å². The van der Waals surface area contributed by atoms with E-state index in [1.54, 1.807) is 0 Å². The van der Waals surface area contributed by atoms with Crippen molar-refractivity contribution in [2.45, 2.75) is 19.3 Å². The van der Waals surface area contributed by atoms with Gasteiger partial charge in [-0.3, -0.25) is 9.78 Å². The molecule has 0 saturated carbocycles. The summed E-state index contributed by atoms with van der Waals surface area (Å²) in [5, 5.41) is 5.52. The van der Waals surface area contributed by atoms with Gasteiger partial charge in [0, 0.05) is 16.6 Å². The lowest BCUT2D eigenvalue weighted by molar-refractivity contribution is 0.899. The van der Waals surface area contributed by atoms with Crippen LogP contribution in [-0.2, 0) is 12.8 Å². The first-order chi connectivity index (χ1) is 10.3. The van der Waals surface area contributed by atoms with E-state index in [0.717, 1.165) is 47.0 Å². The van der Waals surface area contributed by atoms with Crippen LogP contribution in [0.25, 0.3) is 10.8 Å². The van der Waals surface area contributed by atoms with Crippen molar-refractivity contribution in [3.05, 3.63) is 64.1 Å². The maximum absolute atomic E-state index is 12.1. The van der Waals surface area contributed by atoms with E-state index in [1.807, 2.05) is 24.3 Å². The highest BCUT2D eigenvalue weighted by Gasteiger charge is 2.17. The fourth-order valence-corrected chi connectivity index (χ4v) is 2.96. The number of hydrogen-bond acceptors (Lipinski definition) is 3. The van der Waals surface area contributed by atoms with Crippen LogP contribution in [0.1, 0.15) is 17.7 Å². The van der Waals surface area contributed by atoms with E-state index in [1.165, 1.54) is 0 Å². The predicted molar refractivity (Wildman–Crippen MR) is 84.1 cm³/mol. The molecule has 0 atom stereocenters. The van der Waals surface area contributed by atoms with Crippen molar-refractivity contribution in [2.75, 3.05) is 5.32 Å². The van der Waals surface area contributed by atoms with E-state index >= 15 is 0 Å². The number of benzene rings is 2. The number of nitrogens with zero attached hydrogens (tertiary/aromatic N) is 1. The van der Waals surface area contributed by atoms with Gasteiger partial charge in [0.15, 0.2) is 0 Å². The van der Waals surface area contributed by atoms with Gasteiger partial charge in [-0.25, -0.2) is 4.98 Å². The maximum atomic E-state index is 12.1. The lowest BCUT2D eigenvalue weighted by atomic mass is 10.1. The Labute approximate surface area is 121 Å². The number of rotatable bonds is 2. The van der Waals surface area contributed by atoms with E-state index in [9.17, 15) is 4.79 Å².